The summed E-state index contributed by atoms with van der Waals surface area (Å²) in [6.07, 6.45) is 30.0. The van der Waals surface area contributed by atoms with Crippen molar-refractivity contribution in [1.82, 2.24) is 0 Å². The second-order valence-corrected chi connectivity index (χ2v) is 17.9. The van der Waals surface area contributed by atoms with Gasteiger partial charge in [0.1, 0.15) is 12.7 Å². The number of aliphatic hydroxyl groups is 4. The maximum absolute atomic E-state index is 12.7. The van der Waals surface area contributed by atoms with E-state index in [1.807, 2.05) is 0 Å². The number of hydrogen-bond acceptors (Lipinski definition) is 13. The molecule has 6 atom stereocenters. The van der Waals surface area contributed by atoms with Crippen LogP contribution < -0.4 is 0 Å². The average Bonchev–Trinajstić information content (AvgIpc) is 3.22. The summed E-state index contributed by atoms with van der Waals surface area (Å²) in [5.74, 6) is -1.37. The predicted octanol–water partition coefficient (Wildman–Crippen LogP) is 8.14. The molecule has 0 amide bonds. The van der Waals surface area contributed by atoms with Crippen LogP contribution in [0.5, 0.6) is 0 Å². The lowest BCUT2D eigenvalue weighted by atomic mass is 10.1. The summed E-state index contributed by atoms with van der Waals surface area (Å²) in [4.78, 5) is 52.7. The fourth-order valence-corrected chi connectivity index (χ4v) is 6.82. The molecule has 0 aromatic heterocycles. The second-order valence-electron chi connectivity index (χ2n) is 15.2. The third-order valence-electron chi connectivity index (χ3n) is 9.24. The van der Waals surface area contributed by atoms with Gasteiger partial charge in [-0.1, -0.05) is 145 Å². The summed E-state index contributed by atoms with van der Waals surface area (Å²) in [7, 11) is -9.82. The molecule has 0 heterocycles. The number of esters is 2. The smallest absolute Gasteiger partial charge is 0.462 e. The van der Waals surface area contributed by atoms with Gasteiger partial charge in [0.05, 0.1) is 38.1 Å². The Balaban J connectivity index is 4.85. The van der Waals surface area contributed by atoms with E-state index >= 15 is 0 Å². The zero-order valence-electron chi connectivity index (χ0n) is 37.0. The van der Waals surface area contributed by atoms with Crippen molar-refractivity contribution < 1.29 is 76.9 Å². The molecule has 0 fully saturated rings. The SMILES string of the molecule is CCCCCC/C=C\CCCCCCCCCC(=O)OC[C@H](COP(=O)(O)OC[C@@H](O)COP(=O)(O)O)OC(=O)CCC[C@H](O)[C@@H](O)/C=C/C=C/C=C\C=C\[C@@H](O)CCCCC. The number of aliphatic hydroxyl groups excluding tert-OH is 4. The molecule has 16 nitrogen and oxygen atoms in total. The van der Waals surface area contributed by atoms with Crippen LogP contribution in [-0.4, -0.2) is 104 Å². The van der Waals surface area contributed by atoms with Crippen LogP contribution >= 0.6 is 15.6 Å². The topological polar surface area (TPSA) is 256 Å². The number of carbonyl (C=O) groups excluding carboxylic acids is 2. The summed E-state index contributed by atoms with van der Waals surface area (Å²) in [6, 6.07) is 0. The minimum absolute atomic E-state index is 0.0239. The standard InChI is InChI=1S/C44H78O16P2/c1-3-5-7-8-9-10-11-12-13-14-15-16-17-22-26-32-43(49)56-36-40(37-59-62(54,55)58-35-39(46)34-57-61(51,52)53)60-44(50)33-27-31-42(48)41(47)30-25-21-19-18-20-24-29-38(45)28-23-6-4-2/h10-11,18-21,24-25,29-30,38-42,45-48H,3-9,12-17,22-23,26-28,31-37H2,1-2H3,(H,54,55)(H2,51,52,53)/b11-10-,20-18-,21-19+,29-24+,30-25+/t38-,39-,40+,41-,42-/m0/s1. The highest BCUT2D eigenvalue weighted by Gasteiger charge is 2.28. The Morgan fingerprint density at radius 1 is 0.548 bits per heavy atom. The maximum atomic E-state index is 12.7. The van der Waals surface area contributed by atoms with Crippen LogP contribution in [0, 0.1) is 0 Å². The number of carbonyl (C=O) groups is 2. The van der Waals surface area contributed by atoms with Crippen LogP contribution in [0.25, 0.3) is 0 Å². The lowest BCUT2D eigenvalue weighted by molar-refractivity contribution is -0.161. The van der Waals surface area contributed by atoms with Crippen molar-refractivity contribution in [2.75, 3.05) is 26.4 Å². The van der Waals surface area contributed by atoms with Gasteiger partial charge in [0.15, 0.2) is 6.10 Å². The number of ether oxygens (including phenoxy) is 2. The highest BCUT2D eigenvalue weighted by molar-refractivity contribution is 7.47. The van der Waals surface area contributed by atoms with E-state index in [1.54, 1.807) is 42.5 Å². The van der Waals surface area contributed by atoms with Crippen molar-refractivity contribution in [3.63, 3.8) is 0 Å². The average molecular weight is 925 g/mol. The zero-order chi connectivity index (χ0) is 46.3. The Labute approximate surface area is 370 Å². The summed E-state index contributed by atoms with van der Waals surface area (Å²) in [5.41, 5.74) is 0. The highest BCUT2D eigenvalue weighted by atomic mass is 31.2. The van der Waals surface area contributed by atoms with Gasteiger partial charge in [-0.15, -0.1) is 0 Å². The maximum Gasteiger partial charge on any atom is 0.472 e. The molecule has 0 radical (unpaired) electrons. The Kier molecular flexibility index (Phi) is 37.6. The number of phosphoric acid groups is 2. The van der Waals surface area contributed by atoms with E-state index in [4.69, 9.17) is 23.8 Å². The first-order valence-corrected chi connectivity index (χ1v) is 25.3. The van der Waals surface area contributed by atoms with Crippen LogP contribution in [0.4, 0.5) is 0 Å². The van der Waals surface area contributed by atoms with Crippen LogP contribution in [0.15, 0.2) is 60.8 Å². The molecular formula is C44H78O16P2. The Hall–Kier alpha value is -2.30. The van der Waals surface area contributed by atoms with E-state index in [2.05, 4.69) is 35.0 Å². The number of rotatable bonds is 41. The van der Waals surface area contributed by atoms with Gasteiger partial charge in [-0.25, -0.2) is 9.13 Å². The van der Waals surface area contributed by atoms with Gasteiger partial charge in [0.2, 0.25) is 0 Å². The van der Waals surface area contributed by atoms with Gasteiger partial charge < -0.3 is 44.6 Å². The molecule has 0 bridgehead atoms. The molecule has 0 aromatic carbocycles. The fraction of sp³-hybridized carbons (Fsp3) is 0.727. The van der Waals surface area contributed by atoms with Crippen LogP contribution in [-0.2, 0) is 41.8 Å². The first-order valence-electron chi connectivity index (χ1n) is 22.3. The minimum Gasteiger partial charge on any atom is -0.462 e. The Morgan fingerprint density at radius 3 is 1.69 bits per heavy atom. The molecule has 0 aromatic rings. The molecule has 0 saturated carbocycles. The molecule has 62 heavy (non-hydrogen) atoms. The molecule has 0 saturated heterocycles. The lowest BCUT2D eigenvalue weighted by Crippen LogP contribution is -2.30. The minimum atomic E-state index is -4.91. The molecule has 0 aliphatic rings. The lowest BCUT2D eigenvalue weighted by Gasteiger charge is -2.21. The number of unbranched alkanes of at least 4 members (excludes halogenated alkanes) is 13. The third-order valence-corrected chi connectivity index (χ3v) is 10.7. The monoisotopic (exact) mass is 924 g/mol. The first-order chi connectivity index (χ1) is 29.6. The van der Waals surface area contributed by atoms with Crippen molar-refractivity contribution in [3.05, 3.63) is 60.8 Å². The number of hydrogen-bond donors (Lipinski definition) is 7. The third kappa shape index (κ3) is 40.5. The van der Waals surface area contributed by atoms with Gasteiger partial charge in [-0.3, -0.25) is 23.2 Å². The fourth-order valence-electron chi connectivity index (χ4n) is 5.67. The van der Waals surface area contributed by atoms with E-state index in [0.29, 0.717) is 12.8 Å². The zero-order valence-corrected chi connectivity index (χ0v) is 38.8. The second kappa shape index (κ2) is 39.1. The first kappa shape index (κ1) is 59.7. The van der Waals surface area contributed by atoms with Gasteiger partial charge in [-0.2, -0.15) is 0 Å². The van der Waals surface area contributed by atoms with E-state index < -0.39 is 84.5 Å². The van der Waals surface area contributed by atoms with Crippen molar-refractivity contribution in [1.29, 1.82) is 0 Å². The molecule has 0 aliphatic heterocycles. The quantitative estimate of drug-likeness (QED) is 0.0100. The molecule has 18 heteroatoms. The van der Waals surface area contributed by atoms with Crippen LogP contribution in [0.1, 0.15) is 149 Å². The highest BCUT2D eigenvalue weighted by Crippen LogP contribution is 2.43. The predicted molar refractivity (Wildman–Crippen MR) is 239 cm³/mol. The van der Waals surface area contributed by atoms with Crippen molar-refractivity contribution in [2.24, 2.45) is 0 Å². The number of phosphoric ester groups is 2. The summed E-state index contributed by atoms with van der Waals surface area (Å²) < 4.78 is 47.5. The molecule has 0 spiro atoms. The molecule has 0 aliphatic carbocycles. The summed E-state index contributed by atoms with van der Waals surface area (Å²) >= 11 is 0. The van der Waals surface area contributed by atoms with E-state index in [9.17, 15) is 44.0 Å². The van der Waals surface area contributed by atoms with Crippen LogP contribution in [0.3, 0.4) is 0 Å². The van der Waals surface area contributed by atoms with Crippen LogP contribution in [0.2, 0.25) is 0 Å². The van der Waals surface area contributed by atoms with Gasteiger partial charge in [0.25, 0.3) is 0 Å². The molecule has 1 unspecified atom stereocenters. The van der Waals surface area contributed by atoms with Crippen molar-refractivity contribution >= 4 is 27.6 Å². The van der Waals surface area contributed by atoms with Gasteiger partial charge >= 0.3 is 27.6 Å². The Morgan fingerprint density at radius 2 is 1.06 bits per heavy atom. The van der Waals surface area contributed by atoms with E-state index in [-0.39, 0.29) is 25.7 Å². The van der Waals surface area contributed by atoms with Gasteiger partial charge in [-0.05, 0) is 51.4 Å². The van der Waals surface area contributed by atoms with E-state index in [0.717, 1.165) is 70.6 Å². The summed E-state index contributed by atoms with van der Waals surface area (Å²) in [5, 5.41) is 40.3. The molecule has 7 N–H and O–H groups in total. The largest absolute Gasteiger partial charge is 0.472 e. The molecule has 360 valence electrons. The van der Waals surface area contributed by atoms with E-state index in [1.165, 1.54) is 31.8 Å². The van der Waals surface area contributed by atoms with Gasteiger partial charge in [0, 0.05) is 12.8 Å². The summed E-state index contributed by atoms with van der Waals surface area (Å²) in [6.45, 7) is 1.24. The normalized spacial score (nSPS) is 16.1. The Bertz CT molecular complexity index is 1380. The van der Waals surface area contributed by atoms with Crippen molar-refractivity contribution in [2.45, 2.75) is 179 Å². The number of allylic oxidation sites excluding steroid dienone is 8. The molecule has 0 rings (SSSR count). The molecular weight excluding hydrogens is 846 g/mol. The van der Waals surface area contributed by atoms with Crippen molar-refractivity contribution in [3.8, 4) is 0 Å².